The lowest BCUT2D eigenvalue weighted by Gasteiger charge is -2.19. The van der Waals surface area contributed by atoms with Crippen molar-refractivity contribution < 1.29 is 9.53 Å². The van der Waals surface area contributed by atoms with Crippen LogP contribution in [0.2, 0.25) is 0 Å². The fourth-order valence-corrected chi connectivity index (χ4v) is 4.46. The van der Waals surface area contributed by atoms with Gasteiger partial charge in [0.2, 0.25) is 5.95 Å². The molecule has 0 bridgehead atoms. The summed E-state index contributed by atoms with van der Waals surface area (Å²) in [6.45, 7) is 6.44. The average molecular weight is 415 g/mol. The van der Waals surface area contributed by atoms with Gasteiger partial charge in [-0.25, -0.2) is 9.97 Å². The van der Waals surface area contributed by atoms with Crippen LogP contribution in [0, 0.1) is 17.8 Å². The lowest BCUT2D eigenvalue weighted by molar-refractivity contribution is 0.101. The molecular formula is C25H26N4O2. The smallest absolute Gasteiger partial charge is 0.225 e. The van der Waals surface area contributed by atoms with E-state index in [0.717, 1.165) is 49.1 Å². The number of pyridine rings is 1. The van der Waals surface area contributed by atoms with Crippen molar-refractivity contribution in [2.75, 3.05) is 24.6 Å². The van der Waals surface area contributed by atoms with E-state index in [1.54, 1.807) is 13.1 Å². The Bertz CT molecular complexity index is 1050. The Morgan fingerprint density at radius 2 is 1.71 bits per heavy atom. The molecule has 0 spiro atoms. The predicted molar refractivity (Wildman–Crippen MR) is 119 cm³/mol. The maximum absolute atomic E-state index is 11.4. The highest BCUT2D eigenvalue weighted by molar-refractivity contribution is 5.94. The molecule has 1 saturated heterocycles. The van der Waals surface area contributed by atoms with E-state index in [1.165, 1.54) is 5.56 Å². The number of carbonyl (C=O) groups is 1. The van der Waals surface area contributed by atoms with Crippen molar-refractivity contribution in [3.8, 4) is 17.0 Å². The van der Waals surface area contributed by atoms with Gasteiger partial charge >= 0.3 is 0 Å². The second kappa shape index (κ2) is 8.10. The molecule has 3 aromatic rings. The normalized spacial score (nSPS) is 21.6. The molecule has 2 fully saturated rings. The van der Waals surface area contributed by atoms with Crippen molar-refractivity contribution in [3.63, 3.8) is 0 Å². The maximum Gasteiger partial charge on any atom is 0.225 e. The molecule has 158 valence electrons. The van der Waals surface area contributed by atoms with Crippen molar-refractivity contribution in [1.82, 2.24) is 15.0 Å². The highest BCUT2D eigenvalue weighted by Gasteiger charge is 2.56. The summed E-state index contributed by atoms with van der Waals surface area (Å²) in [6, 6.07) is 11.5. The van der Waals surface area contributed by atoms with Gasteiger partial charge in [-0.1, -0.05) is 31.2 Å². The SMILES string of the molecule is CCc1cnc(N2CC3C(COc4ccc(-c5ccc(C(C)=O)cc5)nc4)[C@@H]3C2)nc1. The van der Waals surface area contributed by atoms with Crippen molar-refractivity contribution >= 4 is 11.7 Å². The molecule has 0 radical (unpaired) electrons. The Kier molecular flexibility index (Phi) is 5.14. The Labute approximate surface area is 182 Å². The standard InChI is InChI=1S/C25H26N4O2/c1-3-17-10-27-25(28-11-17)29-13-21-22(14-29)23(21)15-31-20-8-9-24(26-12-20)19-6-4-18(5-7-19)16(2)30/h4-12,21-23H,3,13-15H2,1-2H3/t21-,22?,23?/m1/s1. The average Bonchev–Trinajstić information content (AvgIpc) is 3.26. The molecule has 1 saturated carbocycles. The Morgan fingerprint density at radius 1 is 1.00 bits per heavy atom. The van der Waals surface area contributed by atoms with Crippen LogP contribution in [0.5, 0.6) is 5.75 Å². The molecule has 5 rings (SSSR count). The second-order valence-corrected chi connectivity index (χ2v) is 8.47. The van der Waals surface area contributed by atoms with Gasteiger partial charge in [0.15, 0.2) is 5.78 Å². The molecule has 0 amide bonds. The largest absolute Gasteiger partial charge is 0.492 e. The zero-order valence-electron chi connectivity index (χ0n) is 17.9. The van der Waals surface area contributed by atoms with E-state index < -0.39 is 0 Å². The quantitative estimate of drug-likeness (QED) is 0.543. The molecular weight excluding hydrogens is 388 g/mol. The van der Waals surface area contributed by atoms with E-state index in [1.807, 2.05) is 48.8 Å². The molecule has 6 heteroatoms. The van der Waals surface area contributed by atoms with Gasteiger partial charge in [0, 0.05) is 42.5 Å². The monoisotopic (exact) mass is 414 g/mol. The van der Waals surface area contributed by atoms with Crippen molar-refractivity contribution in [1.29, 1.82) is 0 Å². The van der Waals surface area contributed by atoms with Gasteiger partial charge in [-0.15, -0.1) is 0 Å². The fourth-order valence-electron chi connectivity index (χ4n) is 4.46. The van der Waals surface area contributed by atoms with Crippen LogP contribution in [-0.2, 0) is 6.42 Å². The number of carbonyl (C=O) groups excluding carboxylic acids is 1. The molecule has 3 atom stereocenters. The van der Waals surface area contributed by atoms with Crippen LogP contribution < -0.4 is 9.64 Å². The highest BCUT2D eigenvalue weighted by Crippen LogP contribution is 2.52. The molecule has 2 unspecified atom stereocenters. The number of rotatable bonds is 7. The molecule has 1 aliphatic carbocycles. The van der Waals surface area contributed by atoms with Gasteiger partial charge < -0.3 is 9.64 Å². The van der Waals surface area contributed by atoms with Crippen LogP contribution in [0.15, 0.2) is 55.0 Å². The molecule has 2 aliphatic rings. The topological polar surface area (TPSA) is 68.2 Å². The Morgan fingerprint density at radius 3 is 2.29 bits per heavy atom. The van der Waals surface area contributed by atoms with Crippen LogP contribution in [0.1, 0.15) is 29.8 Å². The maximum atomic E-state index is 11.4. The molecule has 31 heavy (non-hydrogen) atoms. The zero-order valence-corrected chi connectivity index (χ0v) is 17.9. The van der Waals surface area contributed by atoms with E-state index in [-0.39, 0.29) is 5.78 Å². The second-order valence-electron chi connectivity index (χ2n) is 8.47. The minimum atomic E-state index is 0.0677. The Hall–Kier alpha value is -3.28. The van der Waals surface area contributed by atoms with Crippen molar-refractivity contribution in [3.05, 3.63) is 66.1 Å². The molecule has 1 aromatic carbocycles. The minimum absolute atomic E-state index is 0.0677. The van der Waals surface area contributed by atoms with Crippen molar-refractivity contribution in [2.24, 2.45) is 17.8 Å². The van der Waals surface area contributed by atoms with Crippen molar-refractivity contribution in [2.45, 2.75) is 20.3 Å². The number of aromatic nitrogens is 3. The zero-order chi connectivity index (χ0) is 21.4. The molecule has 0 N–H and O–H groups in total. The first-order valence-electron chi connectivity index (χ1n) is 10.9. The summed E-state index contributed by atoms with van der Waals surface area (Å²) in [5.41, 5.74) is 3.74. The van der Waals surface area contributed by atoms with E-state index in [2.05, 4.69) is 26.8 Å². The lowest BCUT2D eigenvalue weighted by atomic mass is 10.1. The van der Waals surface area contributed by atoms with Gasteiger partial charge in [0.25, 0.3) is 0 Å². The molecule has 3 heterocycles. The fraction of sp³-hybridized carbons (Fsp3) is 0.360. The number of piperidine rings is 1. The van der Waals surface area contributed by atoms with E-state index >= 15 is 0 Å². The van der Waals surface area contributed by atoms with Crippen LogP contribution in [-0.4, -0.2) is 40.4 Å². The number of anilines is 1. The number of ether oxygens (including phenoxy) is 1. The first kappa shape index (κ1) is 19.7. The minimum Gasteiger partial charge on any atom is -0.492 e. The summed E-state index contributed by atoms with van der Waals surface area (Å²) in [7, 11) is 0. The number of nitrogens with zero attached hydrogens (tertiary/aromatic N) is 4. The first-order chi connectivity index (χ1) is 15.1. The summed E-state index contributed by atoms with van der Waals surface area (Å²) in [5, 5.41) is 0. The number of hydrogen-bond donors (Lipinski definition) is 0. The molecule has 2 aromatic heterocycles. The summed E-state index contributed by atoms with van der Waals surface area (Å²) in [5.74, 6) is 3.65. The number of hydrogen-bond acceptors (Lipinski definition) is 6. The number of Topliss-reactive ketones (excluding diaryl/α,β-unsaturated/α-hetero) is 1. The van der Waals surface area contributed by atoms with Gasteiger partial charge in [-0.05, 0) is 42.9 Å². The summed E-state index contributed by atoms with van der Waals surface area (Å²) >= 11 is 0. The van der Waals surface area contributed by atoms with Crippen LogP contribution in [0.4, 0.5) is 5.95 Å². The molecule has 1 aliphatic heterocycles. The van der Waals surface area contributed by atoms with Crippen LogP contribution in [0.25, 0.3) is 11.3 Å². The van der Waals surface area contributed by atoms with E-state index in [0.29, 0.717) is 23.3 Å². The van der Waals surface area contributed by atoms with Gasteiger partial charge in [0.1, 0.15) is 5.75 Å². The van der Waals surface area contributed by atoms with E-state index in [4.69, 9.17) is 4.74 Å². The first-order valence-corrected chi connectivity index (χ1v) is 10.9. The highest BCUT2D eigenvalue weighted by atomic mass is 16.5. The van der Waals surface area contributed by atoms with Gasteiger partial charge in [-0.3, -0.25) is 9.78 Å². The molecule has 6 nitrogen and oxygen atoms in total. The van der Waals surface area contributed by atoms with Gasteiger partial charge in [-0.2, -0.15) is 0 Å². The van der Waals surface area contributed by atoms with Crippen LogP contribution in [0.3, 0.4) is 0 Å². The number of benzene rings is 1. The number of aryl methyl sites for hydroxylation is 1. The number of ketones is 1. The number of fused-ring (bicyclic) bond motifs is 1. The van der Waals surface area contributed by atoms with Gasteiger partial charge in [0.05, 0.1) is 18.5 Å². The third-order valence-electron chi connectivity index (χ3n) is 6.52. The lowest BCUT2D eigenvalue weighted by Crippen LogP contribution is -2.27. The Balaban J connectivity index is 1.12. The third kappa shape index (κ3) is 4.02. The van der Waals surface area contributed by atoms with Crippen LogP contribution >= 0.6 is 0 Å². The summed E-state index contributed by atoms with van der Waals surface area (Å²) < 4.78 is 6.02. The van der Waals surface area contributed by atoms with E-state index in [9.17, 15) is 4.79 Å². The third-order valence-corrected chi connectivity index (χ3v) is 6.52. The predicted octanol–water partition coefficient (Wildman–Crippen LogP) is 4.06. The summed E-state index contributed by atoms with van der Waals surface area (Å²) in [4.78, 5) is 27.3. The summed E-state index contributed by atoms with van der Waals surface area (Å²) in [6.07, 6.45) is 6.61.